The molecule has 0 radical (unpaired) electrons. The molecular weight excluding hydrogens is 514 g/mol. The molecule has 0 aliphatic carbocycles. The number of likely N-dealkylation sites (tertiary alicyclic amines) is 1. The van der Waals surface area contributed by atoms with Crippen LogP contribution in [0.25, 0.3) is 16.9 Å². The zero-order chi connectivity index (χ0) is 27.3. The molecular formula is C31H28ClN3O4. The van der Waals surface area contributed by atoms with Gasteiger partial charge in [0, 0.05) is 16.5 Å². The van der Waals surface area contributed by atoms with E-state index in [9.17, 15) is 9.59 Å². The molecule has 39 heavy (non-hydrogen) atoms. The normalized spacial score (nSPS) is 20.3. The van der Waals surface area contributed by atoms with E-state index >= 15 is 0 Å². The highest BCUT2D eigenvalue weighted by atomic mass is 35.5. The maximum Gasteiger partial charge on any atom is 0.417 e. The van der Waals surface area contributed by atoms with Gasteiger partial charge in [-0.25, -0.2) is 14.4 Å². The van der Waals surface area contributed by atoms with Crippen LogP contribution in [0.2, 0.25) is 5.02 Å². The van der Waals surface area contributed by atoms with Gasteiger partial charge >= 0.3 is 6.09 Å². The molecule has 3 atom stereocenters. The van der Waals surface area contributed by atoms with Crippen LogP contribution in [0.5, 0.6) is 5.88 Å². The molecule has 1 saturated heterocycles. The van der Waals surface area contributed by atoms with Crippen LogP contribution in [0.1, 0.15) is 44.2 Å². The minimum absolute atomic E-state index is 0.0497. The lowest BCUT2D eigenvalue weighted by molar-refractivity contribution is -0.128. The number of nitrogens with zero attached hydrogens (tertiary/aromatic N) is 3. The lowest BCUT2D eigenvalue weighted by atomic mass is 9.80. The summed E-state index contributed by atoms with van der Waals surface area (Å²) < 4.78 is 14.1. The Labute approximate surface area is 231 Å². The first kappa shape index (κ1) is 25.2. The molecule has 4 aromatic rings. The molecule has 2 aliphatic rings. The van der Waals surface area contributed by atoms with Gasteiger partial charge in [-0.2, -0.15) is 5.10 Å². The number of benzene rings is 3. The van der Waals surface area contributed by atoms with Gasteiger partial charge in [0.1, 0.15) is 17.4 Å². The van der Waals surface area contributed by atoms with Crippen LogP contribution in [0, 0.1) is 0 Å². The second-order valence-electron chi connectivity index (χ2n) is 10.8. The van der Waals surface area contributed by atoms with Gasteiger partial charge in [0.25, 0.3) is 0 Å². The summed E-state index contributed by atoms with van der Waals surface area (Å²) in [7, 11) is 0. The van der Waals surface area contributed by atoms with E-state index < -0.39 is 29.8 Å². The quantitative estimate of drug-likeness (QED) is 0.291. The molecule has 3 heterocycles. The summed E-state index contributed by atoms with van der Waals surface area (Å²) in [6.07, 6.45) is -1.21. The smallest absolute Gasteiger partial charge is 0.417 e. The molecule has 0 saturated carbocycles. The summed E-state index contributed by atoms with van der Waals surface area (Å²) in [5.41, 5.74) is 3.38. The fourth-order valence-electron chi connectivity index (χ4n) is 5.44. The largest absolute Gasteiger partial charge is 0.471 e. The number of para-hydroxylation sites is 1. The topological polar surface area (TPSA) is 73.7 Å². The Hall–Kier alpha value is -4.10. The van der Waals surface area contributed by atoms with E-state index in [1.165, 1.54) is 4.90 Å². The predicted octanol–water partition coefficient (Wildman–Crippen LogP) is 6.62. The summed E-state index contributed by atoms with van der Waals surface area (Å²) >= 11 is 6.27. The predicted molar refractivity (Wildman–Crippen MR) is 148 cm³/mol. The van der Waals surface area contributed by atoms with Gasteiger partial charge in [0.2, 0.25) is 11.8 Å². The van der Waals surface area contributed by atoms with Crippen molar-refractivity contribution in [1.82, 2.24) is 14.7 Å². The standard InChI is InChI=1S/C31H28ClN3O4/c1-31(2,3)39-30(37)34-24(36)18-23-28(34)25(19-14-16-21(32)17-15-19)26-27(20-10-6-4-7-11-20)33-35(29(26)38-23)22-12-8-5-9-13-22/h4-17,23,25,28H,18H2,1-3H3/t23-,25-,28+/m1/s1. The molecule has 2 aliphatic heterocycles. The van der Waals surface area contributed by atoms with Crippen molar-refractivity contribution in [2.45, 2.75) is 50.9 Å². The van der Waals surface area contributed by atoms with Crippen LogP contribution in [0.15, 0.2) is 84.9 Å². The Balaban J connectivity index is 1.60. The lowest BCUT2D eigenvalue weighted by Gasteiger charge is -2.38. The average molecular weight is 542 g/mol. The maximum atomic E-state index is 13.4. The first-order chi connectivity index (χ1) is 18.7. The molecule has 7 nitrogen and oxygen atoms in total. The van der Waals surface area contributed by atoms with Crippen molar-refractivity contribution in [2.24, 2.45) is 0 Å². The molecule has 1 fully saturated rings. The molecule has 1 aromatic heterocycles. The third kappa shape index (κ3) is 4.57. The van der Waals surface area contributed by atoms with Crippen molar-refractivity contribution < 1.29 is 19.1 Å². The number of ether oxygens (including phenoxy) is 2. The number of hydrogen-bond acceptors (Lipinski definition) is 5. The SMILES string of the molecule is CC(C)(C)OC(=O)N1C(=O)C[C@H]2Oc3c(c(-c4ccccc4)nn3-c3ccccc3)[C@@H](c3ccc(Cl)cc3)[C@H]21. The van der Waals surface area contributed by atoms with Crippen LogP contribution < -0.4 is 4.74 Å². The summed E-state index contributed by atoms with van der Waals surface area (Å²) in [6.45, 7) is 5.35. The molecule has 198 valence electrons. The molecule has 0 spiro atoms. The van der Waals surface area contributed by atoms with E-state index in [1.807, 2.05) is 84.9 Å². The van der Waals surface area contributed by atoms with E-state index in [-0.39, 0.29) is 12.3 Å². The summed E-state index contributed by atoms with van der Waals surface area (Å²) in [4.78, 5) is 28.1. The van der Waals surface area contributed by atoms with Crippen LogP contribution >= 0.6 is 11.6 Å². The Morgan fingerprint density at radius 1 is 0.974 bits per heavy atom. The maximum absolute atomic E-state index is 13.4. The van der Waals surface area contributed by atoms with E-state index in [1.54, 1.807) is 25.5 Å². The highest BCUT2D eigenvalue weighted by Crippen LogP contribution is 2.50. The molecule has 2 amide bonds. The van der Waals surface area contributed by atoms with Gasteiger partial charge in [0.05, 0.1) is 23.7 Å². The second kappa shape index (κ2) is 9.58. The van der Waals surface area contributed by atoms with Crippen molar-refractivity contribution in [2.75, 3.05) is 0 Å². The first-order valence-electron chi connectivity index (χ1n) is 12.9. The number of rotatable bonds is 3. The first-order valence-corrected chi connectivity index (χ1v) is 13.3. The highest BCUT2D eigenvalue weighted by Gasteiger charge is 2.55. The minimum atomic E-state index is -0.765. The monoisotopic (exact) mass is 541 g/mol. The Kier molecular flexibility index (Phi) is 6.19. The lowest BCUT2D eigenvalue weighted by Crippen LogP contribution is -2.50. The fraction of sp³-hybridized carbons (Fsp3) is 0.258. The van der Waals surface area contributed by atoms with Crippen LogP contribution in [-0.4, -0.2) is 44.4 Å². The van der Waals surface area contributed by atoms with Crippen molar-refractivity contribution in [3.63, 3.8) is 0 Å². The average Bonchev–Trinajstić information content (AvgIpc) is 3.45. The summed E-state index contributed by atoms with van der Waals surface area (Å²) in [5.74, 6) is -0.202. The minimum Gasteiger partial charge on any atom is -0.471 e. The number of carbonyl (C=O) groups is 2. The third-order valence-corrected chi connectivity index (χ3v) is 7.24. The van der Waals surface area contributed by atoms with Crippen molar-refractivity contribution in [3.8, 4) is 22.8 Å². The molecule has 6 rings (SSSR count). The molecule has 0 N–H and O–H groups in total. The summed E-state index contributed by atoms with van der Waals surface area (Å²) in [5, 5.41) is 5.64. The van der Waals surface area contributed by atoms with E-state index in [0.29, 0.717) is 10.9 Å². The van der Waals surface area contributed by atoms with E-state index in [2.05, 4.69) is 0 Å². The highest BCUT2D eigenvalue weighted by molar-refractivity contribution is 6.30. The van der Waals surface area contributed by atoms with Crippen LogP contribution in [-0.2, 0) is 9.53 Å². The van der Waals surface area contributed by atoms with Gasteiger partial charge in [0.15, 0.2) is 0 Å². The molecule has 8 heteroatoms. The van der Waals surface area contributed by atoms with Crippen LogP contribution in [0.4, 0.5) is 4.79 Å². The number of aromatic nitrogens is 2. The fourth-order valence-corrected chi connectivity index (χ4v) is 5.57. The van der Waals surface area contributed by atoms with E-state index in [4.69, 9.17) is 26.2 Å². The summed E-state index contributed by atoms with van der Waals surface area (Å²) in [6, 6.07) is 26.5. The van der Waals surface area contributed by atoms with Gasteiger partial charge < -0.3 is 9.47 Å². The van der Waals surface area contributed by atoms with Gasteiger partial charge in [-0.3, -0.25) is 4.79 Å². The Morgan fingerprint density at radius 2 is 1.62 bits per heavy atom. The number of imide groups is 1. The zero-order valence-electron chi connectivity index (χ0n) is 21.9. The Bertz CT molecular complexity index is 1530. The van der Waals surface area contributed by atoms with Crippen molar-refractivity contribution >= 4 is 23.6 Å². The van der Waals surface area contributed by atoms with Crippen molar-refractivity contribution in [3.05, 3.63) is 101 Å². The molecule has 3 aromatic carbocycles. The number of fused-ring (bicyclic) bond motifs is 2. The van der Waals surface area contributed by atoms with Gasteiger partial charge in [-0.05, 0) is 50.6 Å². The number of amides is 2. The number of hydrogen-bond donors (Lipinski definition) is 0. The number of halogens is 1. The van der Waals surface area contributed by atoms with Gasteiger partial charge in [-0.1, -0.05) is 72.3 Å². The number of carbonyl (C=O) groups excluding carboxylic acids is 2. The molecule has 0 bridgehead atoms. The third-order valence-electron chi connectivity index (χ3n) is 6.98. The van der Waals surface area contributed by atoms with Gasteiger partial charge in [-0.15, -0.1) is 0 Å². The Morgan fingerprint density at radius 3 is 2.26 bits per heavy atom. The second-order valence-corrected chi connectivity index (χ2v) is 11.2. The van der Waals surface area contributed by atoms with Crippen molar-refractivity contribution in [1.29, 1.82) is 0 Å². The molecule has 0 unspecified atom stereocenters. The van der Waals surface area contributed by atoms with Crippen LogP contribution in [0.3, 0.4) is 0 Å². The zero-order valence-corrected chi connectivity index (χ0v) is 22.6. The van der Waals surface area contributed by atoms with E-state index in [0.717, 1.165) is 28.1 Å².